The van der Waals surface area contributed by atoms with E-state index >= 15 is 0 Å². The zero-order valence-corrected chi connectivity index (χ0v) is 24.3. The van der Waals surface area contributed by atoms with Gasteiger partial charge < -0.3 is 15.0 Å². The number of amides is 2. The quantitative estimate of drug-likeness (QED) is 0.175. The molecule has 40 heavy (non-hydrogen) atoms. The minimum Gasteiger partial charge on any atom is -0.427 e. The molecule has 3 rings (SSSR count). The highest BCUT2D eigenvalue weighted by atomic mass is 16.5. The Kier molecular flexibility index (Phi) is 11.1. The maximum Gasteiger partial charge on any atom is 0.308 e. The summed E-state index contributed by atoms with van der Waals surface area (Å²) < 4.78 is 6.89. The SMILES string of the molecule is CCCCCC(NC(=O)Cc1c(C)n(C(=O)c2ccccc2)c2ccc(OC(C)=O)cc12)C(=O)N(C)CCCC. The number of aromatic nitrogens is 1. The van der Waals surface area contributed by atoms with Crippen molar-refractivity contribution in [1.29, 1.82) is 0 Å². The van der Waals surface area contributed by atoms with E-state index in [0.717, 1.165) is 32.1 Å². The van der Waals surface area contributed by atoms with Gasteiger partial charge in [0.05, 0.1) is 11.9 Å². The number of fused-ring (bicyclic) bond motifs is 1. The van der Waals surface area contributed by atoms with Crippen LogP contribution in [0.5, 0.6) is 5.75 Å². The summed E-state index contributed by atoms with van der Waals surface area (Å²) >= 11 is 0. The van der Waals surface area contributed by atoms with Crippen molar-refractivity contribution in [2.75, 3.05) is 13.6 Å². The normalized spacial score (nSPS) is 11.7. The molecule has 8 heteroatoms. The number of esters is 1. The van der Waals surface area contributed by atoms with Crippen molar-refractivity contribution >= 4 is 34.6 Å². The molecule has 0 aliphatic carbocycles. The predicted octanol–water partition coefficient (Wildman–Crippen LogP) is 5.43. The fourth-order valence-electron chi connectivity index (χ4n) is 4.92. The summed E-state index contributed by atoms with van der Waals surface area (Å²) in [4.78, 5) is 53.5. The van der Waals surface area contributed by atoms with Gasteiger partial charge in [0.1, 0.15) is 11.8 Å². The molecule has 0 aliphatic heterocycles. The number of ether oxygens (including phenoxy) is 1. The van der Waals surface area contributed by atoms with Crippen molar-refractivity contribution in [1.82, 2.24) is 14.8 Å². The molecule has 2 amide bonds. The third-order valence-electron chi connectivity index (χ3n) is 7.08. The summed E-state index contributed by atoms with van der Waals surface area (Å²) in [5.74, 6) is -0.744. The molecule has 0 saturated heterocycles. The van der Waals surface area contributed by atoms with Gasteiger partial charge in [-0.3, -0.25) is 23.7 Å². The first-order valence-corrected chi connectivity index (χ1v) is 14.1. The first kappa shape index (κ1) is 30.6. The van der Waals surface area contributed by atoms with E-state index in [0.29, 0.717) is 46.4 Å². The number of unbranched alkanes of at least 4 members (excludes halogenated alkanes) is 3. The van der Waals surface area contributed by atoms with Crippen molar-refractivity contribution in [3.63, 3.8) is 0 Å². The highest BCUT2D eigenvalue weighted by molar-refractivity contribution is 6.05. The number of benzene rings is 2. The van der Waals surface area contributed by atoms with Gasteiger partial charge in [-0.05, 0) is 55.7 Å². The van der Waals surface area contributed by atoms with Gasteiger partial charge in [-0.15, -0.1) is 0 Å². The lowest BCUT2D eigenvalue weighted by atomic mass is 10.0. The van der Waals surface area contributed by atoms with Crippen LogP contribution in [0.15, 0.2) is 48.5 Å². The lowest BCUT2D eigenvalue weighted by molar-refractivity contribution is -0.135. The zero-order chi connectivity index (χ0) is 29.2. The van der Waals surface area contributed by atoms with E-state index < -0.39 is 12.0 Å². The largest absolute Gasteiger partial charge is 0.427 e. The second kappa shape index (κ2) is 14.4. The number of carbonyl (C=O) groups is 4. The Bertz CT molecular complexity index is 1350. The first-order chi connectivity index (χ1) is 19.2. The fraction of sp³-hybridized carbons (Fsp3) is 0.438. The molecule has 1 heterocycles. The van der Waals surface area contributed by atoms with Gasteiger partial charge >= 0.3 is 5.97 Å². The van der Waals surface area contributed by atoms with Gasteiger partial charge in [-0.1, -0.05) is 57.7 Å². The van der Waals surface area contributed by atoms with Gasteiger partial charge in [-0.2, -0.15) is 0 Å². The fourth-order valence-corrected chi connectivity index (χ4v) is 4.92. The molecule has 1 aromatic heterocycles. The molecule has 0 spiro atoms. The van der Waals surface area contributed by atoms with Crippen molar-refractivity contribution < 1.29 is 23.9 Å². The van der Waals surface area contributed by atoms with Gasteiger partial charge in [-0.25, -0.2) is 0 Å². The van der Waals surface area contributed by atoms with Crippen molar-refractivity contribution in [3.8, 4) is 5.75 Å². The summed E-state index contributed by atoms with van der Waals surface area (Å²) in [6, 6.07) is 13.4. The smallest absolute Gasteiger partial charge is 0.308 e. The Labute approximate surface area is 236 Å². The molecule has 0 saturated carbocycles. The van der Waals surface area contributed by atoms with Crippen LogP contribution in [0.2, 0.25) is 0 Å². The molecule has 0 radical (unpaired) electrons. The van der Waals surface area contributed by atoms with E-state index in [-0.39, 0.29) is 24.1 Å². The number of hydrogen-bond donors (Lipinski definition) is 1. The summed E-state index contributed by atoms with van der Waals surface area (Å²) in [7, 11) is 1.78. The van der Waals surface area contributed by atoms with Crippen molar-refractivity contribution in [2.45, 2.75) is 78.7 Å². The van der Waals surface area contributed by atoms with E-state index in [1.807, 2.05) is 6.07 Å². The maximum absolute atomic E-state index is 13.5. The molecular weight excluding hydrogens is 506 g/mol. The molecular formula is C32H41N3O5. The Morgan fingerprint density at radius 1 is 0.975 bits per heavy atom. The summed E-state index contributed by atoms with van der Waals surface area (Å²) in [6.07, 6.45) is 5.24. The van der Waals surface area contributed by atoms with Crippen LogP contribution in [0.3, 0.4) is 0 Å². The summed E-state index contributed by atoms with van der Waals surface area (Å²) in [5, 5.41) is 3.62. The topological polar surface area (TPSA) is 97.7 Å². The Morgan fingerprint density at radius 3 is 2.33 bits per heavy atom. The summed E-state index contributed by atoms with van der Waals surface area (Å²) in [5.41, 5.74) is 2.39. The van der Waals surface area contributed by atoms with Crippen LogP contribution < -0.4 is 10.1 Å². The number of likely N-dealkylation sites (N-methyl/N-ethyl adjacent to an activating group) is 1. The van der Waals surface area contributed by atoms with Crippen LogP contribution >= 0.6 is 0 Å². The Morgan fingerprint density at radius 2 is 1.68 bits per heavy atom. The van der Waals surface area contributed by atoms with Gasteiger partial charge in [0.15, 0.2) is 0 Å². The van der Waals surface area contributed by atoms with Crippen LogP contribution in [0.4, 0.5) is 0 Å². The second-order valence-electron chi connectivity index (χ2n) is 10.2. The molecule has 3 aromatic rings. The lowest BCUT2D eigenvalue weighted by Gasteiger charge is -2.25. The van der Waals surface area contributed by atoms with Gasteiger partial charge in [0.25, 0.3) is 5.91 Å². The second-order valence-corrected chi connectivity index (χ2v) is 10.2. The number of hydrogen-bond acceptors (Lipinski definition) is 5. The molecule has 2 aromatic carbocycles. The highest BCUT2D eigenvalue weighted by Gasteiger charge is 2.26. The van der Waals surface area contributed by atoms with Gasteiger partial charge in [0, 0.05) is 37.2 Å². The first-order valence-electron chi connectivity index (χ1n) is 14.1. The molecule has 1 N–H and O–H groups in total. The Balaban J connectivity index is 1.96. The van der Waals surface area contributed by atoms with E-state index in [2.05, 4.69) is 19.2 Å². The van der Waals surface area contributed by atoms with E-state index in [1.54, 1.807) is 65.9 Å². The maximum atomic E-state index is 13.5. The van der Waals surface area contributed by atoms with Crippen molar-refractivity contribution in [3.05, 3.63) is 65.4 Å². The highest BCUT2D eigenvalue weighted by Crippen LogP contribution is 2.31. The van der Waals surface area contributed by atoms with E-state index in [4.69, 9.17) is 4.74 Å². The number of nitrogens with one attached hydrogen (secondary N) is 1. The average Bonchev–Trinajstić information content (AvgIpc) is 3.20. The van der Waals surface area contributed by atoms with Crippen LogP contribution in [0.1, 0.15) is 80.9 Å². The van der Waals surface area contributed by atoms with Gasteiger partial charge in [0.2, 0.25) is 11.8 Å². The Hall–Kier alpha value is -3.94. The average molecular weight is 548 g/mol. The molecule has 1 unspecified atom stereocenters. The van der Waals surface area contributed by atoms with Crippen molar-refractivity contribution in [2.24, 2.45) is 0 Å². The van der Waals surface area contributed by atoms with Crippen LogP contribution in [-0.4, -0.2) is 52.8 Å². The zero-order valence-electron chi connectivity index (χ0n) is 24.3. The predicted molar refractivity (Wildman–Crippen MR) is 156 cm³/mol. The monoisotopic (exact) mass is 547 g/mol. The molecule has 0 fully saturated rings. The molecule has 8 nitrogen and oxygen atoms in total. The number of nitrogens with zero attached hydrogens (tertiary/aromatic N) is 2. The number of carbonyl (C=O) groups excluding carboxylic acids is 4. The third-order valence-corrected chi connectivity index (χ3v) is 7.08. The molecule has 0 aliphatic rings. The van der Waals surface area contributed by atoms with E-state index in [9.17, 15) is 19.2 Å². The third kappa shape index (κ3) is 7.58. The van der Waals surface area contributed by atoms with Crippen LogP contribution in [0.25, 0.3) is 10.9 Å². The number of rotatable bonds is 13. The molecule has 1 atom stereocenters. The lowest BCUT2D eigenvalue weighted by Crippen LogP contribution is -2.48. The standard InChI is InChI=1S/C32H41N3O5/c1-6-8-11-16-28(32(39)34(5)19-9-7-2)33-30(37)21-26-22(3)35(31(38)24-14-12-10-13-15-24)29-18-17-25(20-27(26)29)40-23(4)36/h10,12-15,17-18,20,28H,6-9,11,16,19,21H2,1-5H3,(H,33,37). The molecule has 214 valence electrons. The minimum absolute atomic E-state index is 0.0306. The molecule has 0 bridgehead atoms. The van der Waals surface area contributed by atoms with Crippen LogP contribution in [-0.2, 0) is 20.8 Å². The van der Waals surface area contributed by atoms with Crippen LogP contribution in [0, 0.1) is 6.92 Å². The van der Waals surface area contributed by atoms with E-state index in [1.165, 1.54) is 6.92 Å². The summed E-state index contributed by atoms with van der Waals surface area (Å²) in [6.45, 7) is 7.94. The minimum atomic E-state index is -0.614.